The van der Waals surface area contributed by atoms with Gasteiger partial charge in [0.1, 0.15) is 0 Å². The molecule has 1 amide bonds. The minimum absolute atomic E-state index is 0. The number of hydrogen-bond acceptors (Lipinski definition) is 5. The Morgan fingerprint density at radius 2 is 1.96 bits per heavy atom. The SMILES string of the molecule is Cl.NCC1(NC(=O)CCCc2nc(-c3ccc(Cl)cc3)no2)CCCC1. The van der Waals surface area contributed by atoms with Gasteiger partial charge in [0.25, 0.3) is 0 Å². The van der Waals surface area contributed by atoms with Crippen LogP contribution in [0.5, 0.6) is 0 Å². The first-order chi connectivity index (χ1) is 12.1. The lowest BCUT2D eigenvalue weighted by molar-refractivity contribution is -0.123. The van der Waals surface area contributed by atoms with Crippen LogP contribution in [0.25, 0.3) is 11.4 Å². The van der Waals surface area contributed by atoms with Crippen LogP contribution in [-0.2, 0) is 11.2 Å². The maximum absolute atomic E-state index is 12.2. The van der Waals surface area contributed by atoms with Gasteiger partial charge < -0.3 is 15.6 Å². The van der Waals surface area contributed by atoms with Crippen LogP contribution in [0.15, 0.2) is 28.8 Å². The maximum Gasteiger partial charge on any atom is 0.226 e. The second-order valence-electron chi connectivity index (χ2n) is 6.61. The first-order valence-electron chi connectivity index (χ1n) is 8.70. The Kier molecular flexibility index (Phi) is 7.43. The largest absolute Gasteiger partial charge is 0.349 e. The second-order valence-corrected chi connectivity index (χ2v) is 7.05. The van der Waals surface area contributed by atoms with Crippen molar-refractivity contribution in [3.8, 4) is 11.4 Å². The molecule has 6 nitrogen and oxygen atoms in total. The summed E-state index contributed by atoms with van der Waals surface area (Å²) in [5.41, 5.74) is 6.51. The zero-order valence-corrected chi connectivity index (χ0v) is 16.1. The third kappa shape index (κ3) is 5.19. The molecule has 1 aromatic carbocycles. The molecule has 1 aliphatic rings. The van der Waals surface area contributed by atoms with Crippen LogP contribution in [0, 0.1) is 0 Å². The topological polar surface area (TPSA) is 94.0 Å². The van der Waals surface area contributed by atoms with Crippen LogP contribution in [0.3, 0.4) is 0 Å². The zero-order chi connectivity index (χ0) is 17.7. The van der Waals surface area contributed by atoms with Gasteiger partial charge in [0.15, 0.2) is 0 Å². The molecule has 0 bridgehead atoms. The highest BCUT2D eigenvalue weighted by Gasteiger charge is 2.33. The number of nitrogens with zero attached hydrogens (tertiary/aromatic N) is 2. The molecule has 8 heteroatoms. The summed E-state index contributed by atoms with van der Waals surface area (Å²) in [7, 11) is 0. The molecule has 0 saturated heterocycles. The summed E-state index contributed by atoms with van der Waals surface area (Å²) >= 11 is 5.87. The number of aryl methyl sites for hydroxylation is 1. The lowest BCUT2D eigenvalue weighted by atomic mass is 9.97. The van der Waals surface area contributed by atoms with Gasteiger partial charge in [0, 0.05) is 30.0 Å². The number of carbonyl (C=O) groups excluding carboxylic acids is 1. The third-order valence-electron chi connectivity index (χ3n) is 4.72. The molecule has 0 unspecified atom stereocenters. The average molecular weight is 399 g/mol. The summed E-state index contributed by atoms with van der Waals surface area (Å²) < 4.78 is 5.26. The van der Waals surface area contributed by atoms with Crippen molar-refractivity contribution in [2.24, 2.45) is 5.73 Å². The van der Waals surface area contributed by atoms with Crippen molar-refractivity contribution in [3.05, 3.63) is 35.2 Å². The average Bonchev–Trinajstić information content (AvgIpc) is 3.26. The molecule has 3 N–H and O–H groups in total. The monoisotopic (exact) mass is 398 g/mol. The van der Waals surface area contributed by atoms with E-state index in [4.69, 9.17) is 21.9 Å². The number of benzene rings is 1. The number of nitrogens with one attached hydrogen (secondary N) is 1. The fourth-order valence-electron chi connectivity index (χ4n) is 3.26. The van der Waals surface area contributed by atoms with E-state index < -0.39 is 0 Å². The van der Waals surface area contributed by atoms with Gasteiger partial charge in [0.2, 0.25) is 17.6 Å². The summed E-state index contributed by atoms with van der Waals surface area (Å²) in [4.78, 5) is 16.5. The number of nitrogens with two attached hydrogens (primary N) is 1. The van der Waals surface area contributed by atoms with Gasteiger partial charge >= 0.3 is 0 Å². The van der Waals surface area contributed by atoms with Crippen molar-refractivity contribution in [3.63, 3.8) is 0 Å². The van der Waals surface area contributed by atoms with E-state index in [1.807, 2.05) is 12.1 Å². The van der Waals surface area contributed by atoms with Gasteiger partial charge in [-0.05, 0) is 43.5 Å². The van der Waals surface area contributed by atoms with E-state index in [2.05, 4.69) is 15.5 Å². The number of aromatic nitrogens is 2. The number of amides is 1. The predicted molar refractivity (Wildman–Crippen MR) is 103 cm³/mol. The quantitative estimate of drug-likeness (QED) is 0.743. The third-order valence-corrected chi connectivity index (χ3v) is 4.97. The van der Waals surface area contributed by atoms with Gasteiger partial charge in [-0.2, -0.15) is 4.98 Å². The molecule has 0 atom stereocenters. The first-order valence-corrected chi connectivity index (χ1v) is 9.08. The lowest BCUT2D eigenvalue weighted by Gasteiger charge is -2.28. The maximum atomic E-state index is 12.2. The first kappa shape index (κ1) is 20.7. The summed E-state index contributed by atoms with van der Waals surface area (Å²) in [5, 5.41) is 7.76. The van der Waals surface area contributed by atoms with Crippen LogP contribution in [0.2, 0.25) is 5.02 Å². The fraction of sp³-hybridized carbons (Fsp3) is 0.500. The minimum atomic E-state index is -0.191. The van der Waals surface area contributed by atoms with E-state index in [-0.39, 0.29) is 23.9 Å². The standard InChI is InChI=1S/C18H23ClN4O2.ClH/c19-14-8-6-13(7-9-14)17-21-16(25-23-17)5-3-4-15(24)22-18(12-20)10-1-2-11-18;/h6-9H,1-5,10-12,20H2,(H,22,24);1H. The molecule has 0 spiro atoms. The highest BCUT2D eigenvalue weighted by Crippen LogP contribution is 2.28. The van der Waals surface area contributed by atoms with Gasteiger partial charge in [0.05, 0.1) is 5.54 Å². The smallest absolute Gasteiger partial charge is 0.226 e. The summed E-state index contributed by atoms with van der Waals surface area (Å²) in [6, 6.07) is 7.26. The van der Waals surface area contributed by atoms with Crippen LogP contribution < -0.4 is 11.1 Å². The molecular formula is C18H24Cl2N4O2. The summed E-state index contributed by atoms with van der Waals surface area (Å²) in [6.45, 7) is 0.507. The number of hydrogen-bond donors (Lipinski definition) is 2. The van der Waals surface area contributed by atoms with Crippen molar-refractivity contribution in [2.45, 2.75) is 50.5 Å². The molecule has 0 aliphatic heterocycles. The fourth-order valence-corrected chi connectivity index (χ4v) is 3.39. The molecule has 1 saturated carbocycles. The molecule has 26 heavy (non-hydrogen) atoms. The van der Waals surface area contributed by atoms with E-state index in [1.165, 1.54) is 0 Å². The Bertz CT molecular complexity index is 712. The molecule has 1 aromatic heterocycles. The van der Waals surface area contributed by atoms with Crippen molar-refractivity contribution < 1.29 is 9.32 Å². The number of carbonyl (C=O) groups is 1. The van der Waals surface area contributed by atoms with Crippen molar-refractivity contribution in [2.75, 3.05) is 6.54 Å². The number of halogens is 2. The lowest BCUT2D eigenvalue weighted by Crippen LogP contribution is -2.51. The van der Waals surface area contributed by atoms with Gasteiger partial charge in [-0.15, -0.1) is 12.4 Å². The molecule has 1 fully saturated rings. The number of rotatable bonds is 7. The zero-order valence-electron chi connectivity index (χ0n) is 14.5. The van der Waals surface area contributed by atoms with Crippen LogP contribution in [-0.4, -0.2) is 28.1 Å². The van der Waals surface area contributed by atoms with Crippen molar-refractivity contribution in [1.82, 2.24) is 15.5 Å². The Morgan fingerprint density at radius 3 is 2.62 bits per heavy atom. The molecule has 2 aromatic rings. The Balaban J connectivity index is 0.00000243. The minimum Gasteiger partial charge on any atom is -0.349 e. The van der Waals surface area contributed by atoms with Gasteiger partial charge in [-0.1, -0.05) is 29.6 Å². The van der Waals surface area contributed by atoms with Crippen molar-refractivity contribution in [1.29, 1.82) is 0 Å². The normalized spacial score (nSPS) is 15.5. The molecule has 3 rings (SSSR count). The van der Waals surface area contributed by atoms with Gasteiger partial charge in [-0.3, -0.25) is 4.79 Å². The van der Waals surface area contributed by atoms with Gasteiger partial charge in [-0.25, -0.2) is 0 Å². The molecule has 1 aliphatic carbocycles. The summed E-state index contributed by atoms with van der Waals surface area (Å²) in [6.07, 6.45) is 5.88. The van der Waals surface area contributed by atoms with E-state index in [9.17, 15) is 4.79 Å². The van der Waals surface area contributed by atoms with E-state index >= 15 is 0 Å². The molecule has 0 radical (unpaired) electrons. The van der Waals surface area contributed by atoms with Crippen LogP contribution in [0.4, 0.5) is 0 Å². The highest BCUT2D eigenvalue weighted by atomic mass is 35.5. The Morgan fingerprint density at radius 1 is 1.27 bits per heavy atom. The predicted octanol–water partition coefficient (Wildman–Crippen LogP) is 3.52. The molecule has 142 valence electrons. The van der Waals surface area contributed by atoms with E-state index in [1.54, 1.807) is 12.1 Å². The van der Waals surface area contributed by atoms with E-state index in [0.29, 0.717) is 42.5 Å². The highest BCUT2D eigenvalue weighted by molar-refractivity contribution is 6.30. The van der Waals surface area contributed by atoms with Crippen LogP contribution in [0.1, 0.15) is 44.4 Å². The van der Waals surface area contributed by atoms with Crippen LogP contribution >= 0.6 is 24.0 Å². The van der Waals surface area contributed by atoms with E-state index in [0.717, 1.165) is 31.2 Å². The molecule has 1 heterocycles. The Hall–Kier alpha value is -1.63. The second kappa shape index (κ2) is 9.35. The summed E-state index contributed by atoms with van der Waals surface area (Å²) in [5.74, 6) is 1.11. The Labute approximate surface area is 164 Å². The molecular weight excluding hydrogens is 375 g/mol. The van der Waals surface area contributed by atoms with Crippen molar-refractivity contribution >= 4 is 29.9 Å².